The highest BCUT2D eigenvalue weighted by molar-refractivity contribution is 8.00. The third-order valence-electron chi connectivity index (χ3n) is 3.92. The average Bonchev–Trinajstić information content (AvgIpc) is 2.57. The third-order valence-corrected chi connectivity index (χ3v) is 5.29. The average molecular weight is 310 g/mol. The monoisotopic (exact) mass is 310 g/mol. The van der Waals surface area contributed by atoms with Crippen molar-refractivity contribution in [3.05, 3.63) is 29.6 Å². The molecule has 0 unspecified atom stereocenters. The van der Waals surface area contributed by atoms with E-state index in [0.717, 1.165) is 37.4 Å². The van der Waals surface area contributed by atoms with E-state index in [1.807, 2.05) is 17.8 Å². The molecule has 1 aromatic carbocycles. The van der Waals surface area contributed by atoms with Gasteiger partial charge in [0.25, 0.3) is 0 Å². The molecule has 0 amide bonds. The Morgan fingerprint density at radius 3 is 2.81 bits per heavy atom. The maximum Gasteiger partial charge on any atom is 0.123 e. The molecule has 0 aliphatic carbocycles. The van der Waals surface area contributed by atoms with Crippen molar-refractivity contribution in [1.29, 1.82) is 0 Å². The number of hydrogen-bond donors (Lipinski definition) is 1. The van der Waals surface area contributed by atoms with Crippen LogP contribution in [0, 0.1) is 5.82 Å². The van der Waals surface area contributed by atoms with Crippen LogP contribution in [0.15, 0.2) is 18.2 Å². The SMILES string of the molecule is CC(C)NCc1cc(F)ccc1N1CCSC(C)(C)CC1. The summed E-state index contributed by atoms with van der Waals surface area (Å²) in [6.45, 7) is 11.7. The molecule has 1 heterocycles. The minimum absolute atomic E-state index is 0.149. The number of rotatable bonds is 4. The molecule has 1 aromatic rings. The quantitative estimate of drug-likeness (QED) is 0.903. The summed E-state index contributed by atoms with van der Waals surface area (Å²) in [4.78, 5) is 2.42. The van der Waals surface area contributed by atoms with Gasteiger partial charge in [-0.3, -0.25) is 0 Å². The van der Waals surface area contributed by atoms with Crippen molar-refractivity contribution < 1.29 is 4.39 Å². The van der Waals surface area contributed by atoms with Crippen LogP contribution in [0.5, 0.6) is 0 Å². The summed E-state index contributed by atoms with van der Waals surface area (Å²) in [5, 5.41) is 3.40. The van der Waals surface area contributed by atoms with Crippen molar-refractivity contribution in [3.63, 3.8) is 0 Å². The number of benzene rings is 1. The molecule has 1 fully saturated rings. The second-order valence-electron chi connectivity index (χ2n) is 6.65. The molecule has 0 atom stereocenters. The fraction of sp³-hybridized carbons (Fsp3) is 0.647. The third kappa shape index (κ3) is 4.89. The normalized spacial score (nSPS) is 18.9. The molecule has 21 heavy (non-hydrogen) atoms. The van der Waals surface area contributed by atoms with Crippen LogP contribution in [-0.2, 0) is 6.54 Å². The largest absolute Gasteiger partial charge is 0.370 e. The van der Waals surface area contributed by atoms with Crippen LogP contribution in [0.2, 0.25) is 0 Å². The van der Waals surface area contributed by atoms with Gasteiger partial charge in [-0.2, -0.15) is 11.8 Å². The van der Waals surface area contributed by atoms with Crippen LogP contribution in [0.4, 0.5) is 10.1 Å². The minimum Gasteiger partial charge on any atom is -0.370 e. The molecule has 118 valence electrons. The highest BCUT2D eigenvalue weighted by atomic mass is 32.2. The van der Waals surface area contributed by atoms with E-state index in [2.05, 4.69) is 37.9 Å². The van der Waals surface area contributed by atoms with Gasteiger partial charge >= 0.3 is 0 Å². The van der Waals surface area contributed by atoms with Crippen molar-refractivity contribution in [2.24, 2.45) is 0 Å². The van der Waals surface area contributed by atoms with Crippen molar-refractivity contribution in [2.45, 2.75) is 51.4 Å². The Hall–Kier alpha value is -0.740. The Balaban J connectivity index is 2.17. The zero-order chi connectivity index (χ0) is 15.5. The van der Waals surface area contributed by atoms with Crippen LogP contribution in [0.25, 0.3) is 0 Å². The molecule has 1 N–H and O–H groups in total. The van der Waals surface area contributed by atoms with Gasteiger partial charge in [0.2, 0.25) is 0 Å². The van der Waals surface area contributed by atoms with Crippen LogP contribution < -0.4 is 10.2 Å². The first-order chi connectivity index (χ1) is 9.87. The maximum absolute atomic E-state index is 13.6. The van der Waals surface area contributed by atoms with Gasteiger partial charge in [-0.05, 0) is 30.2 Å². The van der Waals surface area contributed by atoms with Crippen molar-refractivity contribution in [1.82, 2.24) is 5.32 Å². The number of nitrogens with zero attached hydrogens (tertiary/aromatic N) is 1. The van der Waals surface area contributed by atoms with Gasteiger partial charge in [0.05, 0.1) is 0 Å². The molecule has 1 aliphatic heterocycles. The molecule has 0 saturated carbocycles. The Labute approximate surface area is 132 Å². The maximum atomic E-state index is 13.6. The lowest BCUT2D eigenvalue weighted by Gasteiger charge is -2.27. The van der Waals surface area contributed by atoms with Crippen molar-refractivity contribution >= 4 is 17.4 Å². The number of thioether (sulfide) groups is 1. The molecule has 1 saturated heterocycles. The molecular weight excluding hydrogens is 283 g/mol. The fourth-order valence-electron chi connectivity index (χ4n) is 2.58. The number of halogens is 1. The lowest BCUT2D eigenvalue weighted by Crippen LogP contribution is -2.29. The summed E-state index contributed by atoms with van der Waals surface area (Å²) in [6, 6.07) is 5.60. The van der Waals surface area contributed by atoms with Gasteiger partial charge in [0.15, 0.2) is 0 Å². The molecule has 2 rings (SSSR count). The van der Waals surface area contributed by atoms with Gasteiger partial charge in [0.1, 0.15) is 5.82 Å². The summed E-state index contributed by atoms with van der Waals surface area (Å²) >= 11 is 2.04. The molecule has 0 aromatic heterocycles. The standard InChI is InChI=1S/C17H27FN2S/c1-13(2)19-12-14-11-15(18)5-6-16(14)20-8-7-17(3,4)21-10-9-20/h5-6,11,13,19H,7-10,12H2,1-4H3. The van der Waals surface area contributed by atoms with E-state index in [1.54, 1.807) is 12.1 Å². The predicted octanol–water partition coefficient (Wildman–Crippen LogP) is 4.05. The van der Waals surface area contributed by atoms with Crippen LogP contribution in [0.1, 0.15) is 39.7 Å². The fourth-order valence-corrected chi connectivity index (χ4v) is 3.68. The first-order valence-electron chi connectivity index (χ1n) is 7.78. The summed E-state index contributed by atoms with van der Waals surface area (Å²) in [6.07, 6.45) is 1.16. The van der Waals surface area contributed by atoms with Gasteiger partial charge in [0, 0.05) is 41.9 Å². The van der Waals surface area contributed by atoms with Crippen LogP contribution in [-0.4, -0.2) is 29.6 Å². The lowest BCUT2D eigenvalue weighted by molar-refractivity contribution is 0.578. The second kappa shape index (κ2) is 7.01. The van der Waals surface area contributed by atoms with E-state index in [4.69, 9.17) is 0 Å². The highest BCUT2D eigenvalue weighted by Crippen LogP contribution is 2.33. The summed E-state index contributed by atoms with van der Waals surface area (Å²) in [5.74, 6) is 0.977. The summed E-state index contributed by atoms with van der Waals surface area (Å²) in [5.41, 5.74) is 2.25. The van der Waals surface area contributed by atoms with E-state index < -0.39 is 0 Å². The zero-order valence-electron chi connectivity index (χ0n) is 13.6. The summed E-state index contributed by atoms with van der Waals surface area (Å²) in [7, 11) is 0. The number of hydrogen-bond acceptors (Lipinski definition) is 3. The molecule has 0 spiro atoms. The van der Waals surface area contributed by atoms with E-state index in [0.29, 0.717) is 10.8 Å². The van der Waals surface area contributed by atoms with Crippen LogP contribution >= 0.6 is 11.8 Å². The molecule has 1 aliphatic rings. The van der Waals surface area contributed by atoms with Crippen LogP contribution in [0.3, 0.4) is 0 Å². The Morgan fingerprint density at radius 2 is 2.10 bits per heavy atom. The molecule has 4 heteroatoms. The zero-order valence-corrected chi connectivity index (χ0v) is 14.4. The topological polar surface area (TPSA) is 15.3 Å². The lowest BCUT2D eigenvalue weighted by atomic mass is 10.1. The van der Waals surface area contributed by atoms with Crippen molar-refractivity contribution in [2.75, 3.05) is 23.7 Å². The Kier molecular flexibility index (Phi) is 5.55. The molecular formula is C17H27FN2S. The molecule has 0 bridgehead atoms. The smallest absolute Gasteiger partial charge is 0.123 e. The van der Waals surface area contributed by atoms with E-state index in [1.165, 1.54) is 5.69 Å². The Morgan fingerprint density at radius 1 is 1.33 bits per heavy atom. The first kappa shape index (κ1) is 16.6. The summed E-state index contributed by atoms with van der Waals surface area (Å²) < 4.78 is 13.9. The predicted molar refractivity (Wildman–Crippen MR) is 91.7 cm³/mol. The Bertz CT molecular complexity index is 474. The highest BCUT2D eigenvalue weighted by Gasteiger charge is 2.24. The number of anilines is 1. The van der Waals surface area contributed by atoms with E-state index >= 15 is 0 Å². The second-order valence-corrected chi connectivity index (χ2v) is 8.46. The van der Waals surface area contributed by atoms with Crippen molar-refractivity contribution in [3.8, 4) is 0 Å². The van der Waals surface area contributed by atoms with Gasteiger partial charge in [-0.25, -0.2) is 4.39 Å². The molecule has 2 nitrogen and oxygen atoms in total. The number of nitrogens with one attached hydrogen (secondary N) is 1. The van der Waals surface area contributed by atoms with E-state index in [-0.39, 0.29) is 5.82 Å². The van der Waals surface area contributed by atoms with Gasteiger partial charge in [-0.15, -0.1) is 0 Å². The van der Waals surface area contributed by atoms with Gasteiger partial charge < -0.3 is 10.2 Å². The van der Waals surface area contributed by atoms with E-state index in [9.17, 15) is 4.39 Å². The first-order valence-corrected chi connectivity index (χ1v) is 8.77. The molecule has 0 radical (unpaired) electrons. The minimum atomic E-state index is -0.149. The van der Waals surface area contributed by atoms with Gasteiger partial charge in [-0.1, -0.05) is 27.7 Å².